The van der Waals surface area contributed by atoms with Crippen molar-refractivity contribution < 1.29 is 13.2 Å². The molecule has 2 rings (SSSR count). The molecule has 0 saturated carbocycles. The summed E-state index contributed by atoms with van der Waals surface area (Å²) in [6.45, 7) is 3.59. The van der Waals surface area contributed by atoms with E-state index in [0.717, 1.165) is 24.7 Å². The molecular weight excluding hydrogens is 263 g/mol. The lowest BCUT2D eigenvalue weighted by Crippen LogP contribution is -2.11. The molecular formula is C16H16F3N. The molecule has 2 aromatic rings. The van der Waals surface area contributed by atoms with E-state index in [4.69, 9.17) is 0 Å². The minimum atomic E-state index is -4.33. The lowest BCUT2D eigenvalue weighted by molar-refractivity contribution is -0.137. The Morgan fingerprint density at radius 3 is 2.20 bits per heavy atom. The molecule has 0 spiro atoms. The highest BCUT2D eigenvalue weighted by Gasteiger charge is 2.33. The third-order valence-corrected chi connectivity index (χ3v) is 3.08. The molecule has 4 heteroatoms. The first-order valence-corrected chi connectivity index (χ1v) is 6.48. The monoisotopic (exact) mass is 279 g/mol. The maximum absolute atomic E-state index is 13.0. The highest BCUT2D eigenvalue weighted by atomic mass is 19.4. The van der Waals surface area contributed by atoms with Crippen LogP contribution < -0.4 is 5.32 Å². The van der Waals surface area contributed by atoms with Crippen molar-refractivity contribution >= 4 is 0 Å². The molecule has 1 nitrogen and oxygen atoms in total. The number of benzene rings is 2. The van der Waals surface area contributed by atoms with Crippen molar-refractivity contribution in [3.05, 3.63) is 59.7 Å². The van der Waals surface area contributed by atoms with Gasteiger partial charge in [-0.15, -0.1) is 0 Å². The van der Waals surface area contributed by atoms with E-state index in [1.807, 2.05) is 19.1 Å². The van der Waals surface area contributed by atoms with Crippen LogP contribution in [-0.2, 0) is 12.7 Å². The van der Waals surface area contributed by atoms with E-state index in [9.17, 15) is 13.2 Å². The summed E-state index contributed by atoms with van der Waals surface area (Å²) in [5, 5.41) is 3.18. The summed E-state index contributed by atoms with van der Waals surface area (Å²) < 4.78 is 38.9. The lowest BCUT2D eigenvalue weighted by atomic mass is 9.98. The van der Waals surface area contributed by atoms with Gasteiger partial charge in [0.1, 0.15) is 0 Å². The van der Waals surface area contributed by atoms with Crippen molar-refractivity contribution in [3.8, 4) is 11.1 Å². The molecule has 0 unspecified atom stereocenters. The van der Waals surface area contributed by atoms with Crippen LogP contribution in [0.15, 0.2) is 48.5 Å². The summed E-state index contributed by atoms with van der Waals surface area (Å²) in [6.07, 6.45) is -4.33. The standard InChI is InChI=1S/C16H16F3N/c1-2-20-11-12-7-9-13(10-8-12)14-5-3-4-6-15(14)16(17,18)19/h3-10,20H,2,11H2,1H3. The van der Waals surface area contributed by atoms with Crippen LogP contribution in [0.5, 0.6) is 0 Å². The molecule has 0 aliphatic heterocycles. The minimum absolute atomic E-state index is 0.218. The van der Waals surface area contributed by atoms with Crippen LogP contribution in [0.1, 0.15) is 18.1 Å². The van der Waals surface area contributed by atoms with Gasteiger partial charge >= 0.3 is 6.18 Å². The number of halogens is 3. The molecule has 106 valence electrons. The maximum atomic E-state index is 13.0. The SMILES string of the molecule is CCNCc1ccc(-c2ccccc2C(F)(F)F)cc1. The maximum Gasteiger partial charge on any atom is 0.417 e. The lowest BCUT2D eigenvalue weighted by Gasteiger charge is -2.13. The molecule has 0 aliphatic rings. The third kappa shape index (κ3) is 3.39. The summed E-state index contributed by atoms with van der Waals surface area (Å²) in [5.41, 5.74) is 1.26. The van der Waals surface area contributed by atoms with Gasteiger partial charge in [-0.3, -0.25) is 0 Å². The van der Waals surface area contributed by atoms with Crippen molar-refractivity contribution in [3.63, 3.8) is 0 Å². The van der Waals surface area contributed by atoms with Gasteiger partial charge in [0.15, 0.2) is 0 Å². The Bertz CT molecular complexity index is 559. The van der Waals surface area contributed by atoms with Crippen LogP contribution in [-0.4, -0.2) is 6.54 Å². The first kappa shape index (κ1) is 14.6. The number of alkyl halides is 3. The van der Waals surface area contributed by atoms with Crippen LogP contribution in [0.2, 0.25) is 0 Å². The third-order valence-electron chi connectivity index (χ3n) is 3.08. The second-order valence-electron chi connectivity index (χ2n) is 4.52. The molecule has 0 radical (unpaired) electrons. The summed E-state index contributed by atoms with van der Waals surface area (Å²) in [7, 11) is 0. The zero-order chi connectivity index (χ0) is 14.6. The molecule has 0 aromatic heterocycles. The fraction of sp³-hybridized carbons (Fsp3) is 0.250. The van der Waals surface area contributed by atoms with Gasteiger partial charge < -0.3 is 5.32 Å². The quantitative estimate of drug-likeness (QED) is 0.870. The smallest absolute Gasteiger partial charge is 0.313 e. The average molecular weight is 279 g/mol. The average Bonchev–Trinajstić information content (AvgIpc) is 2.45. The predicted octanol–water partition coefficient (Wildman–Crippen LogP) is 4.48. The van der Waals surface area contributed by atoms with Crippen LogP contribution in [0.25, 0.3) is 11.1 Å². The molecule has 0 atom stereocenters. The van der Waals surface area contributed by atoms with Crippen LogP contribution >= 0.6 is 0 Å². The predicted molar refractivity (Wildman–Crippen MR) is 74.3 cm³/mol. The van der Waals surface area contributed by atoms with E-state index in [0.29, 0.717) is 5.56 Å². The Kier molecular flexibility index (Phi) is 4.45. The van der Waals surface area contributed by atoms with E-state index in [1.54, 1.807) is 18.2 Å². The van der Waals surface area contributed by atoms with Crippen molar-refractivity contribution in [2.75, 3.05) is 6.54 Å². The summed E-state index contributed by atoms with van der Waals surface area (Å²) >= 11 is 0. The Morgan fingerprint density at radius 2 is 1.60 bits per heavy atom. The van der Waals surface area contributed by atoms with Crippen LogP contribution in [0.3, 0.4) is 0 Å². The summed E-state index contributed by atoms with van der Waals surface area (Å²) in [6, 6.07) is 12.8. The normalized spacial score (nSPS) is 11.6. The first-order chi connectivity index (χ1) is 9.52. The summed E-state index contributed by atoms with van der Waals surface area (Å²) in [5.74, 6) is 0. The zero-order valence-electron chi connectivity index (χ0n) is 11.2. The van der Waals surface area contributed by atoms with E-state index in [-0.39, 0.29) is 5.56 Å². The number of hydrogen-bond acceptors (Lipinski definition) is 1. The molecule has 0 amide bonds. The highest BCUT2D eigenvalue weighted by Crippen LogP contribution is 2.36. The number of nitrogens with one attached hydrogen (secondary N) is 1. The number of hydrogen-bond donors (Lipinski definition) is 1. The van der Waals surface area contributed by atoms with E-state index >= 15 is 0 Å². The Labute approximate surface area is 116 Å². The first-order valence-electron chi connectivity index (χ1n) is 6.48. The topological polar surface area (TPSA) is 12.0 Å². The molecule has 20 heavy (non-hydrogen) atoms. The van der Waals surface area contributed by atoms with Crippen LogP contribution in [0.4, 0.5) is 13.2 Å². The van der Waals surface area contributed by atoms with Crippen molar-refractivity contribution in [1.82, 2.24) is 5.32 Å². The van der Waals surface area contributed by atoms with Gasteiger partial charge in [-0.1, -0.05) is 49.4 Å². The van der Waals surface area contributed by atoms with Gasteiger partial charge in [0.2, 0.25) is 0 Å². The van der Waals surface area contributed by atoms with E-state index in [2.05, 4.69) is 5.32 Å². The number of rotatable bonds is 4. The molecule has 0 fully saturated rings. The second-order valence-corrected chi connectivity index (χ2v) is 4.52. The van der Waals surface area contributed by atoms with Crippen molar-refractivity contribution in [2.45, 2.75) is 19.6 Å². The fourth-order valence-electron chi connectivity index (χ4n) is 2.05. The van der Waals surface area contributed by atoms with Gasteiger partial charge in [-0.05, 0) is 29.3 Å². The van der Waals surface area contributed by atoms with E-state index < -0.39 is 11.7 Å². The summed E-state index contributed by atoms with van der Waals surface area (Å²) in [4.78, 5) is 0. The molecule has 1 N–H and O–H groups in total. The zero-order valence-corrected chi connectivity index (χ0v) is 11.2. The van der Waals surface area contributed by atoms with Gasteiger partial charge in [-0.2, -0.15) is 13.2 Å². The van der Waals surface area contributed by atoms with Gasteiger partial charge in [0.05, 0.1) is 5.56 Å². The Morgan fingerprint density at radius 1 is 0.950 bits per heavy atom. The minimum Gasteiger partial charge on any atom is -0.313 e. The van der Waals surface area contributed by atoms with E-state index in [1.165, 1.54) is 12.1 Å². The Balaban J connectivity index is 2.33. The van der Waals surface area contributed by atoms with Gasteiger partial charge in [0.25, 0.3) is 0 Å². The van der Waals surface area contributed by atoms with Crippen LogP contribution in [0, 0.1) is 0 Å². The molecule has 2 aromatic carbocycles. The molecule has 0 aliphatic carbocycles. The fourth-order valence-corrected chi connectivity index (χ4v) is 2.05. The van der Waals surface area contributed by atoms with Gasteiger partial charge in [-0.25, -0.2) is 0 Å². The highest BCUT2D eigenvalue weighted by molar-refractivity contribution is 5.68. The second kappa shape index (κ2) is 6.09. The van der Waals surface area contributed by atoms with Gasteiger partial charge in [0, 0.05) is 6.54 Å². The molecule has 0 bridgehead atoms. The molecule has 0 heterocycles. The molecule has 0 saturated heterocycles. The largest absolute Gasteiger partial charge is 0.417 e. The Hall–Kier alpha value is -1.81. The van der Waals surface area contributed by atoms with Crippen molar-refractivity contribution in [2.24, 2.45) is 0 Å². The van der Waals surface area contributed by atoms with Crippen molar-refractivity contribution in [1.29, 1.82) is 0 Å².